The van der Waals surface area contributed by atoms with Gasteiger partial charge in [-0.05, 0) is 38.8 Å². The molecule has 126 valence electrons. The highest BCUT2D eigenvalue weighted by atomic mass is 16.5. The van der Waals surface area contributed by atoms with E-state index < -0.39 is 0 Å². The van der Waals surface area contributed by atoms with Gasteiger partial charge in [0.25, 0.3) is 0 Å². The summed E-state index contributed by atoms with van der Waals surface area (Å²) in [5.74, 6) is 2.22. The molecule has 2 fully saturated rings. The van der Waals surface area contributed by atoms with Crippen molar-refractivity contribution in [2.75, 3.05) is 6.54 Å². The molecule has 1 aromatic heterocycles. The zero-order chi connectivity index (χ0) is 16.7. The van der Waals surface area contributed by atoms with Crippen LogP contribution in [0.5, 0.6) is 5.75 Å². The molecular formula is C19H23N3O2. The first-order chi connectivity index (χ1) is 11.6. The molecule has 0 spiro atoms. The number of hydrogen-bond acceptors (Lipinski definition) is 3. The third-order valence-corrected chi connectivity index (χ3v) is 4.65. The van der Waals surface area contributed by atoms with Crippen LogP contribution < -0.4 is 4.74 Å². The van der Waals surface area contributed by atoms with Crippen LogP contribution in [-0.2, 0) is 4.79 Å². The smallest absolute Gasteiger partial charge is 0.223 e. The van der Waals surface area contributed by atoms with Gasteiger partial charge in [0.15, 0.2) is 0 Å². The predicted molar refractivity (Wildman–Crippen MR) is 91.9 cm³/mol. The number of benzene rings is 1. The Balaban J connectivity index is 1.52. The molecule has 1 N–H and O–H groups in total. The molecule has 2 aliphatic rings. The molecule has 1 saturated heterocycles. The summed E-state index contributed by atoms with van der Waals surface area (Å²) < 4.78 is 5.76. The maximum Gasteiger partial charge on any atom is 0.223 e. The van der Waals surface area contributed by atoms with Crippen molar-refractivity contribution in [2.24, 2.45) is 0 Å². The maximum absolute atomic E-state index is 12.1. The zero-order valence-electron chi connectivity index (χ0n) is 14.2. The predicted octanol–water partition coefficient (Wildman–Crippen LogP) is 3.34. The van der Waals surface area contributed by atoms with Gasteiger partial charge >= 0.3 is 0 Å². The monoisotopic (exact) mass is 325 g/mol. The van der Waals surface area contributed by atoms with E-state index in [1.807, 2.05) is 49.2 Å². The summed E-state index contributed by atoms with van der Waals surface area (Å²) in [6, 6.07) is 8.50. The van der Waals surface area contributed by atoms with E-state index in [2.05, 4.69) is 9.97 Å². The third kappa shape index (κ3) is 3.03. The van der Waals surface area contributed by atoms with Gasteiger partial charge in [-0.1, -0.05) is 12.1 Å². The highest BCUT2D eigenvalue weighted by molar-refractivity contribution is 5.80. The maximum atomic E-state index is 12.1. The molecule has 2 heterocycles. The van der Waals surface area contributed by atoms with Gasteiger partial charge in [0.2, 0.25) is 5.91 Å². The van der Waals surface area contributed by atoms with Crippen LogP contribution in [0, 0.1) is 0 Å². The minimum Gasteiger partial charge on any atom is -0.491 e. The van der Waals surface area contributed by atoms with Crippen molar-refractivity contribution in [1.29, 1.82) is 0 Å². The Hall–Kier alpha value is -2.30. The third-order valence-electron chi connectivity index (χ3n) is 4.65. The number of nitrogens with zero attached hydrogens (tertiary/aromatic N) is 2. The number of nitrogens with one attached hydrogen (secondary N) is 1. The van der Waals surface area contributed by atoms with E-state index in [4.69, 9.17) is 4.74 Å². The number of likely N-dealkylation sites (tertiary alicyclic amines) is 1. The van der Waals surface area contributed by atoms with Gasteiger partial charge in [0.1, 0.15) is 11.6 Å². The number of amides is 1. The average Bonchev–Trinajstić information content (AvgIpc) is 3.13. The largest absolute Gasteiger partial charge is 0.491 e. The summed E-state index contributed by atoms with van der Waals surface area (Å²) in [4.78, 5) is 22.1. The molecule has 24 heavy (non-hydrogen) atoms. The number of ether oxygens (including phenoxy) is 1. The number of rotatable bonds is 5. The first kappa shape index (κ1) is 15.2. The van der Waals surface area contributed by atoms with E-state index in [1.54, 1.807) is 0 Å². The van der Waals surface area contributed by atoms with Crippen LogP contribution in [0.3, 0.4) is 0 Å². The Morgan fingerprint density at radius 3 is 2.92 bits per heavy atom. The number of aromatic nitrogens is 2. The van der Waals surface area contributed by atoms with E-state index >= 15 is 0 Å². The highest BCUT2D eigenvalue weighted by Gasteiger charge is 2.40. The molecular weight excluding hydrogens is 302 g/mol. The molecule has 0 unspecified atom stereocenters. The van der Waals surface area contributed by atoms with Crippen molar-refractivity contribution in [3.05, 3.63) is 36.3 Å². The Labute approximate surface area is 142 Å². The second kappa shape index (κ2) is 5.96. The van der Waals surface area contributed by atoms with Crippen LogP contribution in [0.1, 0.15) is 44.9 Å². The normalized spacial score (nSPS) is 20.9. The van der Waals surface area contributed by atoms with Crippen molar-refractivity contribution in [3.8, 4) is 17.0 Å². The molecule has 0 radical (unpaired) electrons. The van der Waals surface area contributed by atoms with Crippen LogP contribution in [-0.4, -0.2) is 39.5 Å². The Kier molecular flexibility index (Phi) is 3.79. The molecule has 1 aromatic carbocycles. The molecule has 1 aliphatic heterocycles. The highest BCUT2D eigenvalue weighted by Crippen LogP contribution is 2.36. The number of carbonyl (C=O) groups excluding carboxylic acids is 1. The molecule has 1 aliphatic carbocycles. The van der Waals surface area contributed by atoms with Crippen LogP contribution in [0.4, 0.5) is 0 Å². The summed E-state index contributed by atoms with van der Waals surface area (Å²) in [6.07, 6.45) is 4.89. The van der Waals surface area contributed by atoms with Gasteiger partial charge in [-0.3, -0.25) is 4.79 Å². The van der Waals surface area contributed by atoms with Crippen LogP contribution in [0.25, 0.3) is 11.3 Å². The molecule has 1 atom stereocenters. The van der Waals surface area contributed by atoms with Crippen LogP contribution in [0.15, 0.2) is 30.5 Å². The topological polar surface area (TPSA) is 58.2 Å². The van der Waals surface area contributed by atoms with E-state index in [9.17, 15) is 4.79 Å². The van der Waals surface area contributed by atoms with E-state index in [1.165, 1.54) is 0 Å². The van der Waals surface area contributed by atoms with E-state index in [0.717, 1.165) is 42.2 Å². The Morgan fingerprint density at radius 2 is 2.17 bits per heavy atom. The lowest BCUT2D eigenvalue weighted by atomic mass is 10.1. The summed E-state index contributed by atoms with van der Waals surface area (Å²) in [5.41, 5.74) is 2.02. The van der Waals surface area contributed by atoms with Crippen molar-refractivity contribution < 1.29 is 9.53 Å². The molecule has 1 saturated carbocycles. The van der Waals surface area contributed by atoms with Gasteiger partial charge in [-0.25, -0.2) is 4.98 Å². The van der Waals surface area contributed by atoms with Gasteiger partial charge in [-0.15, -0.1) is 0 Å². The molecule has 4 rings (SSSR count). The van der Waals surface area contributed by atoms with Gasteiger partial charge in [0.05, 0.1) is 18.0 Å². The summed E-state index contributed by atoms with van der Waals surface area (Å²) in [7, 11) is 0. The fraction of sp³-hybridized carbons (Fsp3) is 0.474. The van der Waals surface area contributed by atoms with Crippen molar-refractivity contribution >= 4 is 5.91 Å². The lowest BCUT2D eigenvalue weighted by Gasteiger charge is -2.14. The Bertz CT molecular complexity index is 749. The standard InChI is InChI=1S/C19H23N3O2/c1-12(2)24-16-5-3-4-13(8-16)17-10-20-19(21-17)14-9-18(23)22(11-14)15-6-7-15/h3-5,8,10,12,14-15H,6-7,9,11H2,1-2H3,(H,20,21)/t14-/m0/s1. The second-order valence-electron chi connectivity index (χ2n) is 7.05. The molecule has 0 bridgehead atoms. The SMILES string of the molecule is CC(C)Oc1cccc(-c2cnc([C@H]3CC(=O)N(C4CC4)C3)[nH]2)c1. The number of hydrogen-bond donors (Lipinski definition) is 1. The first-order valence-electron chi connectivity index (χ1n) is 8.71. The van der Waals surface area contributed by atoms with Crippen LogP contribution >= 0.6 is 0 Å². The number of carbonyl (C=O) groups is 1. The first-order valence-corrected chi connectivity index (χ1v) is 8.71. The van der Waals surface area contributed by atoms with Gasteiger partial charge in [0, 0.05) is 30.5 Å². The average molecular weight is 325 g/mol. The number of aromatic amines is 1. The molecule has 5 nitrogen and oxygen atoms in total. The quantitative estimate of drug-likeness (QED) is 0.917. The van der Waals surface area contributed by atoms with E-state index in [0.29, 0.717) is 12.5 Å². The minimum atomic E-state index is 0.149. The molecule has 5 heteroatoms. The number of H-pyrrole nitrogens is 1. The Morgan fingerprint density at radius 1 is 1.33 bits per heavy atom. The van der Waals surface area contributed by atoms with Crippen molar-refractivity contribution in [1.82, 2.24) is 14.9 Å². The van der Waals surface area contributed by atoms with Crippen molar-refractivity contribution in [3.63, 3.8) is 0 Å². The lowest BCUT2D eigenvalue weighted by Crippen LogP contribution is -2.27. The van der Waals surface area contributed by atoms with Crippen LogP contribution in [0.2, 0.25) is 0 Å². The summed E-state index contributed by atoms with van der Waals surface area (Å²) in [6.45, 7) is 4.83. The fourth-order valence-corrected chi connectivity index (χ4v) is 3.35. The second-order valence-corrected chi connectivity index (χ2v) is 7.05. The summed E-state index contributed by atoms with van der Waals surface area (Å²) in [5, 5.41) is 0. The van der Waals surface area contributed by atoms with Gasteiger partial charge < -0.3 is 14.6 Å². The fourth-order valence-electron chi connectivity index (χ4n) is 3.35. The number of imidazole rings is 1. The zero-order valence-corrected chi connectivity index (χ0v) is 14.2. The lowest BCUT2D eigenvalue weighted by molar-refractivity contribution is -0.128. The minimum absolute atomic E-state index is 0.149. The van der Waals surface area contributed by atoms with Crippen molar-refractivity contribution in [2.45, 2.75) is 51.2 Å². The molecule has 1 amide bonds. The van der Waals surface area contributed by atoms with Gasteiger partial charge in [-0.2, -0.15) is 0 Å². The van der Waals surface area contributed by atoms with E-state index in [-0.39, 0.29) is 17.9 Å². The molecule has 2 aromatic rings. The summed E-state index contributed by atoms with van der Waals surface area (Å²) >= 11 is 0.